The van der Waals surface area contributed by atoms with E-state index in [0.717, 1.165) is 4.90 Å². The molecule has 0 fully saturated rings. The second-order valence-electron chi connectivity index (χ2n) is 2.67. The van der Waals surface area contributed by atoms with E-state index in [1.165, 1.54) is 18.9 Å². The van der Waals surface area contributed by atoms with Gasteiger partial charge in [0.25, 0.3) is 0 Å². The highest BCUT2D eigenvalue weighted by Gasteiger charge is 2.22. The molecule has 0 aromatic heterocycles. The van der Waals surface area contributed by atoms with Crippen LogP contribution < -0.4 is 5.16 Å². The van der Waals surface area contributed by atoms with Gasteiger partial charge in [-0.15, -0.1) is 11.8 Å². The first-order chi connectivity index (χ1) is 7.24. The quantitative estimate of drug-likeness (QED) is 0.257. The lowest BCUT2D eigenvalue weighted by Gasteiger charge is -2.04. The van der Waals surface area contributed by atoms with Crippen LogP contribution in [-0.4, -0.2) is 25.0 Å². The van der Waals surface area contributed by atoms with Gasteiger partial charge in [-0.1, -0.05) is 12.1 Å². The molecule has 80 valence electrons. The van der Waals surface area contributed by atoms with Crippen LogP contribution in [0.25, 0.3) is 0 Å². The fourth-order valence-corrected chi connectivity index (χ4v) is 1.76. The second-order valence-corrected chi connectivity index (χ2v) is 3.52. The molecular weight excluding hydrogens is 214 g/mol. The van der Waals surface area contributed by atoms with Gasteiger partial charge in [0.1, 0.15) is 0 Å². The molecule has 0 saturated heterocycles. The van der Waals surface area contributed by atoms with Gasteiger partial charge in [-0.3, -0.25) is 0 Å². The molecule has 0 saturated carbocycles. The molecule has 0 amide bonds. The van der Waals surface area contributed by atoms with Crippen LogP contribution in [0.15, 0.2) is 29.2 Å². The minimum atomic E-state index is -0.661. The first-order valence-electron chi connectivity index (χ1n) is 4.21. The summed E-state index contributed by atoms with van der Waals surface area (Å²) in [6.07, 6.45) is 1.87. The van der Waals surface area contributed by atoms with Crippen LogP contribution >= 0.6 is 11.8 Å². The molecule has 0 spiro atoms. The van der Waals surface area contributed by atoms with E-state index in [1.807, 2.05) is 18.4 Å². The third-order valence-corrected chi connectivity index (χ3v) is 2.66. The number of thioether (sulfide) groups is 1. The number of methoxy groups -OCH3 is 1. The molecule has 4 nitrogen and oxygen atoms in total. The average Bonchev–Trinajstić information content (AvgIpc) is 2.30. The van der Waals surface area contributed by atoms with Gasteiger partial charge >= 0.3 is 11.7 Å². The van der Waals surface area contributed by atoms with Crippen molar-refractivity contribution in [1.82, 2.24) is 0 Å². The number of hydrogen-bond donors (Lipinski definition) is 1. The minimum absolute atomic E-state index is 0.0672. The number of hydrogen-bond acceptors (Lipinski definition) is 4. The van der Waals surface area contributed by atoms with Crippen LogP contribution in [0, 0.1) is 5.21 Å². The molecule has 1 rings (SSSR count). The molecule has 0 atom stereocenters. The van der Waals surface area contributed by atoms with E-state index in [9.17, 15) is 10.0 Å². The van der Waals surface area contributed by atoms with Crippen molar-refractivity contribution in [3.63, 3.8) is 0 Å². The highest BCUT2D eigenvalue weighted by atomic mass is 32.2. The summed E-state index contributed by atoms with van der Waals surface area (Å²) in [7, 11) is 1.24. The average molecular weight is 225 g/mol. The van der Waals surface area contributed by atoms with Gasteiger partial charge in [0.2, 0.25) is 0 Å². The van der Waals surface area contributed by atoms with E-state index >= 15 is 0 Å². The number of esters is 1. The number of carbonyl (C=O) groups is 1. The first kappa shape index (κ1) is 11.6. The van der Waals surface area contributed by atoms with Crippen LogP contribution in [0.2, 0.25) is 0 Å². The maximum atomic E-state index is 11.3. The van der Waals surface area contributed by atoms with Crippen LogP contribution in [0.3, 0.4) is 0 Å². The maximum absolute atomic E-state index is 11.3. The van der Waals surface area contributed by atoms with Crippen molar-refractivity contribution in [3.8, 4) is 0 Å². The lowest BCUT2D eigenvalue weighted by Crippen LogP contribution is -2.68. The normalized spacial score (nSPS) is 11.2. The zero-order valence-electron chi connectivity index (χ0n) is 8.44. The predicted molar refractivity (Wildman–Crippen MR) is 58.7 cm³/mol. The lowest BCUT2D eigenvalue weighted by molar-refractivity contribution is -0.372. The van der Waals surface area contributed by atoms with Crippen LogP contribution in [0.5, 0.6) is 0 Å². The number of ether oxygens (including phenoxy) is 1. The molecule has 0 unspecified atom stereocenters. The van der Waals surface area contributed by atoms with Crippen molar-refractivity contribution in [2.75, 3.05) is 13.4 Å². The Morgan fingerprint density at radius 2 is 2.13 bits per heavy atom. The summed E-state index contributed by atoms with van der Waals surface area (Å²) in [5, 5.41) is 12.3. The largest absolute Gasteiger partial charge is 0.625 e. The van der Waals surface area contributed by atoms with E-state index in [4.69, 9.17) is 0 Å². The van der Waals surface area contributed by atoms with Gasteiger partial charge in [-0.25, -0.2) is 9.95 Å². The molecule has 0 aliphatic rings. The van der Waals surface area contributed by atoms with Crippen LogP contribution in [0.4, 0.5) is 0 Å². The molecule has 0 aliphatic carbocycles. The SMILES string of the molecule is COC(=O)C(=[NH+][O-])c1ccccc1SC. The molecule has 0 heterocycles. The van der Waals surface area contributed by atoms with Crippen LogP contribution in [0.1, 0.15) is 5.56 Å². The summed E-state index contributed by atoms with van der Waals surface area (Å²) >= 11 is 1.46. The van der Waals surface area contributed by atoms with E-state index in [-0.39, 0.29) is 5.71 Å². The highest BCUT2D eigenvalue weighted by molar-refractivity contribution is 7.98. The summed E-state index contributed by atoms with van der Waals surface area (Å²) < 4.78 is 4.51. The van der Waals surface area contributed by atoms with E-state index in [0.29, 0.717) is 5.56 Å². The molecule has 1 N–H and O–H groups in total. The highest BCUT2D eigenvalue weighted by Crippen LogP contribution is 2.19. The summed E-state index contributed by atoms with van der Waals surface area (Å²) in [5.74, 6) is -0.661. The number of carbonyl (C=O) groups excluding carboxylic acids is 1. The third-order valence-electron chi connectivity index (χ3n) is 1.87. The van der Waals surface area contributed by atoms with Crippen molar-refractivity contribution < 1.29 is 14.7 Å². The Hall–Kier alpha value is -1.49. The number of rotatable bonds is 3. The topological polar surface area (TPSA) is 63.3 Å². The van der Waals surface area contributed by atoms with Gasteiger partial charge in [0.15, 0.2) is 0 Å². The van der Waals surface area contributed by atoms with Gasteiger partial charge in [-0.2, -0.15) is 0 Å². The molecule has 5 heteroatoms. The summed E-state index contributed by atoms with van der Waals surface area (Å²) in [4.78, 5) is 12.1. The summed E-state index contributed by atoms with van der Waals surface area (Å²) in [6.45, 7) is 0. The predicted octanol–water partition coefficient (Wildman–Crippen LogP) is -0.0510. The molecule has 15 heavy (non-hydrogen) atoms. The Labute approximate surface area is 91.9 Å². The molecule has 0 radical (unpaired) electrons. The Balaban J connectivity index is 3.18. The van der Waals surface area contributed by atoms with Crippen LogP contribution in [-0.2, 0) is 9.53 Å². The van der Waals surface area contributed by atoms with E-state index in [2.05, 4.69) is 4.74 Å². The first-order valence-corrected chi connectivity index (χ1v) is 5.44. The summed E-state index contributed by atoms with van der Waals surface area (Å²) in [5.41, 5.74) is 0.495. The molecule has 0 aliphatic heterocycles. The molecule has 1 aromatic carbocycles. The number of nitrogens with one attached hydrogen (secondary N) is 1. The van der Waals surface area contributed by atoms with E-state index < -0.39 is 5.97 Å². The van der Waals surface area contributed by atoms with Crippen molar-refractivity contribution in [1.29, 1.82) is 0 Å². The zero-order chi connectivity index (χ0) is 11.3. The maximum Gasteiger partial charge on any atom is 0.404 e. The van der Waals surface area contributed by atoms with Crippen molar-refractivity contribution in [2.45, 2.75) is 4.90 Å². The third kappa shape index (κ3) is 2.50. The monoisotopic (exact) mass is 225 g/mol. The molecule has 0 bridgehead atoms. The Morgan fingerprint density at radius 1 is 1.47 bits per heavy atom. The zero-order valence-corrected chi connectivity index (χ0v) is 9.26. The van der Waals surface area contributed by atoms with Crippen molar-refractivity contribution in [2.24, 2.45) is 0 Å². The van der Waals surface area contributed by atoms with Gasteiger partial charge in [0, 0.05) is 4.90 Å². The lowest BCUT2D eigenvalue weighted by atomic mass is 10.1. The Kier molecular flexibility index (Phi) is 4.17. The van der Waals surface area contributed by atoms with Gasteiger partial charge in [0.05, 0.1) is 12.7 Å². The van der Waals surface area contributed by atoms with Gasteiger partial charge < -0.3 is 9.94 Å². The fourth-order valence-electron chi connectivity index (χ4n) is 1.16. The Morgan fingerprint density at radius 3 is 2.67 bits per heavy atom. The van der Waals surface area contributed by atoms with Gasteiger partial charge in [-0.05, 0) is 18.4 Å². The minimum Gasteiger partial charge on any atom is -0.625 e. The molecular formula is C10H11NO3S. The van der Waals surface area contributed by atoms with Crippen molar-refractivity contribution >= 4 is 23.4 Å². The second kappa shape index (κ2) is 5.41. The smallest absolute Gasteiger partial charge is 0.404 e. The fraction of sp³-hybridized carbons (Fsp3) is 0.200. The number of benzene rings is 1. The van der Waals surface area contributed by atoms with Crippen molar-refractivity contribution in [3.05, 3.63) is 35.0 Å². The Bertz CT molecular complexity index is 390. The summed E-state index contributed by atoms with van der Waals surface area (Å²) in [6, 6.07) is 7.13. The van der Waals surface area contributed by atoms with E-state index in [1.54, 1.807) is 17.3 Å². The molecule has 1 aromatic rings. The standard InChI is InChI=1S/C10H11NO3S/c1-14-10(12)9(11-13)7-5-3-4-6-8(7)15-2/h3-6,11H,1-2H3.